The van der Waals surface area contributed by atoms with Crippen molar-refractivity contribution >= 4 is 23.0 Å². The van der Waals surface area contributed by atoms with Gasteiger partial charge in [-0.3, -0.25) is 14.8 Å². The van der Waals surface area contributed by atoms with Crippen LogP contribution in [0.15, 0.2) is 67.1 Å². The summed E-state index contributed by atoms with van der Waals surface area (Å²) in [5.74, 6) is -0.399. The first-order chi connectivity index (χ1) is 12.4. The van der Waals surface area contributed by atoms with Gasteiger partial charge in [0.2, 0.25) is 0 Å². The number of hydrogen-bond donors (Lipinski definition) is 2. The Hall–Kier alpha value is -3.42. The van der Waals surface area contributed by atoms with Gasteiger partial charge in [0.25, 0.3) is 5.91 Å². The second kappa shape index (κ2) is 7.22. The summed E-state index contributed by atoms with van der Waals surface area (Å²) in [5, 5.41) is 5.55. The lowest BCUT2D eigenvalue weighted by Gasteiger charge is -2.13. The second-order valence-electron chi connectivity index (χ2n) is 5.29. The number of halogens is 3. The number of pyridine rings is 2. The van der Waals surface area contributed by atoms with Crippen LogP contribution in [0, 0.1) is 0 Å². The third kappa shape index (κ3) is 4.15. The molecular weight excluding hydrogens is 345 g/mol. The van der Waals surface area contributed by atoms with E-state index in [-0.39, 0.29) is 11.3 Å². The van der Waals surface area contributed by atoms with Crippen LogP contribution < -0.4 is 10.6 Å². The fraction of sp³-hybridized carbons (Fsp3) is 0.0556. The van der Waals surface area contributed by atoms with Crippen molar-refractivity contribution in [1.29, 1.82) is 0 Å². The van der Waals surface area contributed by atoms with Gasteiger partial charge in [-0.2, -0.15) is 13.2 Å². The fourth-order valence-electron chi connectivity index (χ4n) is 2.24. The van der Waals surface area contributed by atoms with E-state index in [2.05, 4.69) is 20.6 Å². The lowest BCUT2D eigenvalue weighted by atomic mass is 10.1. The number of aromatic nitrogens is 2. The molecule has 0 aliphatic heterocycles. The Morgan fingerprint density at radius 1 is 0.923 bits per heavy atom. The standard InChI is InChI=1S/C18H13F3N4O/c19-18(20,21)16-11-13(7-10-23-16)24-15-4-2-1-3-14(15)17(26)25-12-5-8-22-9-6-12/h1-11H,(H,23,24)(H,22,25,26). The quantitative estimate of drug-likeness (QED) is 0.721. The number of alkyl halides is 3. The summed E-state index contributed by atoms with van der Waals surface area (Å²) >= 11 is 0. The molecule has 132 valence electrons. The third-order valence-corrected chi connectivity index (χ3v) is 3.44. The van der Waals surface area contributed by atoms with E-state index in [1.165, 1.54) is 18.5 Å². The molecule has 0 atom stereocenters. The van der Waals surface area contributed by atoms with Crippen molar-refractivity contribution in [2.45, 2.75) is 6.18 Å². The normalized spacial score (nSPS) is 11.0. The average Bonchev–Trinajstić information content (AvgIpc) is 2.62. The maximum absolute atomic E-state index is 12.8. The predicted octanol–water partition coefficient (Wildman–Crippen LogP) is 4.49. The van der Waals surface area contributed by atoms with Crippen molar-refractivity contribution < 1.29 is 18.0 Å². The number of nitrogens with zero attached hydrogens (tertiary/aromatic N) is 2. The smallest absolute Gasteiger partial charge is 0.355 e. The summed E-state index contributed by atoms with van der Waals surface area (Å²) in [7, 11) is 0. The molecule has 3 aromatic rings. The van der Waals surface area contributed by atoms with E-state index in [1.54, 1.807) is 36.4 Å². The number of rotatable bonds is 4. The molecule has 2 aromatic heterocycles. The molecule has 8 heteroatoms. The SMILES string of the molecule is O=C(Nc1ccncc1)c1ccccc1Nc1ccnc(C(F)(F)F)c1. The van der Waals surface area contributed by atoms with Crippen LogP contribution in [0.5, 0.6) is 0 Å². The highest BCUT2D eigenvalue weighted by molar-refractivity contribution is 6.08. The van der Waals surface area contributed by atoms with Gasteiger partial charge in [0.15, 0.2) is 0 Å². The fourth-order valence-corrected chi connectivity index (χ4v) is 2.24. The number of carbonyl (C=O) groups is 1. The highest BCUT2D eigenvalue weighted by Gasteiger charge is 2.32. The van der Waals surface area contributed by atoms with Gasteiger partial charge in [-0.1, -0.05) is 12.1 Å². The van der Waals surface area contributed by atoms with E-state index in [1.807, 2.05) is 0 Å². The van der Waals surface area contributed by atoms with Crippen LogP contribution in [0.4, 0.5) is 30.2 Å². The lowest BCUT2D eigenvalue weighted by Crippen LogP contribution is -2.14. The van der Waals surface area contributed by atoms with Crippen molar-refractivity contribution in [1.82, 2.24) is 9.97 Å². The van der Waals surface area contributed by atoms with Crippen molar-refractivity contribution in [3.8, 4) is 0 Å². The van der Waals surface area contributed by atoms with Gasteiger partial charge in [-0.05, 0) is 36.4 Å². The van der Waals surface area contributed by atoms with Crippen LogP contribution in [0.25, 0.3) is 0 Å². The molecule has 0 bridgehead atoms. The van der Waals surface area contributed by atoms with Crippen LogP contribution in [0.1, 0.15) is 16.1 Å². The highest BCUT2D eigenvalue weighted by Crippen LogP contribution is 2.30. The van der Waals surface area contributed by atoms with Crippen LogP contribution in [-0.4, -0.2) is 15.9 Å². The molecular formula is C18H13F3N4O. The van der Waals surface area contributed by atoms with Crippen molar-refractivity contribution in [3.63, 3.8) is 0 Å². The van der Waals surface area contributed by atoms with Crippen molar-refractivity contribution in [2.24, 2.45) is 0 Å². The summed E-state index contributed by atoms with van der Waals surface area (Å²) in [6, 6.07) is 12.1. The first-order valence-corrected chi connectivity index (χ1v) is 7.54. The Morgan fingerprint density at radius 2 is 1.62 bits per heavy atom. The zero-order valence-corrected chi connectivity index (χ0v) is 13.3. The molecule has 1 aromatic carbocycles. The van der Waals surface area contributed by atoms with E-state index in [9.17, 15) is 18.0 Å². The Kier molecular flexibility index (Phi) is 4.83. The van der Waals surface area contributed by atoms with Crippen molar-refractivity contribution in [2.75, 3.05) is 10.6 Å². The highest BCUT2D eigenvalue weighted by atomic mass is 19.4. The third-order valence-electron chi connectivity index (χ3n) is 3.44. The van der Waals surface area contributed by atoms with E-state index >= 15 is 0 Å². The van der Waals surface area contributed by atoms with Gasteiger partial charge in [-0.15, -0.1) is 0 Å². The Bertz CT molecular complexity index is 914. The van der Waals surface area contributed by atoms with Gasteiger partial charge in [-0.25, -0.2) is 0 Å². The number of amides is 1. The minimum Gasteiger partial charge on any atom is -0.355 e. The zero-order valence-electron chi connectivity index (χ0n) is 13.3. The number of para-hydroxylation sites is 1. The topological polar surface area (TPSA) is 66.9 Å². The number of anilines is 3. The molecule has 0 aliphatic carbocycles. The Balaban J connectivity index is 1.85. The molecule has 2 N–H and O–H groups in total. The molecule has 0 spiro atoms. The molecule has 5 nitrogen and oxygen atoms in total. The number of carbonyl (C=O) groups excluding carboxylic acids is 1. The molecule has 0 unspecified atom stereocenters. The first kappa shape index (κ1) is 17.4. The number of nitrogens with one attached hydrogen (secondary N) is 2. The number of benzene rings is 1. The predicted molar refractivity (Wildman–Crippen MR) is 91.2 cm³/mol. The van der Waals surface area contributed by atoms with E-state index < -0.39 is 17.8 Å². The van der Waals surface area contributed by atoms with Crippen molar-refractivity contribution in [3.05, 3.63) is 78.4 Å². The molecule has 0 aliphatic rings. The minimum atomic E-state index is -4.55. The molecule has 0 fully saturated rings. The monoisotopic (exact) mass is 358 g/mol. The summed E-state index contributed by atoms with van der Waals surface area (Å²) in [6.45, 7) is 0. The largest absolute Gasteiger partial charge is 0.433 e. The zero-order chi connectivity index (χ0) is 18.6. The van der Waals surface area contributed by atoms with Crippen LogP contribution in [0.2, 0.25) is 0 Å². The summed E-state index contributed by atoms with van der Waals surface area (Å²) in [4.78, 5) is 19.7. The molecule has 0 saturated carbocycles. The summed E-state index contributed by atoms with van der Waals surface area (Å²) in [6.07, 6.45) is -0.411. The summed E-state index contributed by atoms with van der Waals surface area (Å²) < 4.78 is 38.4. The van der Waals surface area contributed by atoms with E-state index in [4.69, 9.17) is 0 Å². The van der Waals surface area contributed by atoms with Crippen LogP contribution in [0.3, 0.4) is 0 Å². The summed E-state index contributed by atoms with van der Waals surface area (Å²) in [5.41, 5.74) is 0.383. The Labute approximate surface area is 146 Å². The van der Waals surface area contributed by atoms with Gasteiger partial charge < -0.3 is 10.6 Å². The van der Waals surface area contributed by atoms with Gasteiger partial charge in [0.05, 0.1) is 11.3 Å². The van der Waals surface area contributed by atoms with E-state index in [0.717, 1.165) is 12.3 Å². The second-order valence-corrected chi connectivity index (χ2v) is 5.29. The molecule has 2 heterocycles. The van der Waals surface area contributed by atoms with Gasteiger partial charge >= 0.3 is 6.18 Å². The average molecular weight is 358 g/mol. The first-order valence-electron chi connectivity index (χ1n) is 7.54. The van der Waals surface area contributed by atoms with Crippen LogP contribution >= 0.6 is 0 Å². The Morgan fingerprint density at radius 3 is 2.35 bits per heavy atom. The molecule has 0 radical (unpaired) electrons. The number of hydrogen-bond acceptors (Lipinski definition) is 4. The van der Waals surface area contributed by atoms with Crippen LogP contribution in [-0.2, 0) is 6.18 Å². The minimum absolute atomic E-state index is 0.177. The van der Waals surface area contributed by atoms with Gasteiger partial charge in [0.1, 0.15) is 5.69 Å². The van der Waals surface area contributed by atoms with Gasteiger partial charge in [0, 0.05) is 30.0 Å². The molecule has 1 amide bonds. The van der Waals surface area contributed by atoms with E-state index in [0.29, 0.717) is 11.4 Å². The maximum atomic E-state index is 12.8. The lowest BCUT2D eigenvalue weighted by molar-refractivity contribution is -0.141. The molecule has 0 saturated heterocycles. The molecule has 26 heavy (non-hydrogen) atoms. The molecule has 3 rings (SSSR count). The maximum Gasteiger partial charge on any atom is 0.433 e.